The first-order chi connectivity index (χ1) is 15.4. The molecular weight excluding hydrogens is 408 g/mol. The van der Waals surface area contributed by atoms with E-state index in [2.05, 4.69) is 22.8 Å². The highest BCUT2D eigenvalue weighted by Gasteiger charge is 2.32. The number of amides is 2. The lowest BCUT2D eigenvalue weighted by Crippen LogP contribution is -2.54. The molecule has 3 N–H and O–H groups in total. The van der Waals surface area contributed by atoms with Crippen LogP contribution in [-0.2, 0) is 14.3 Å². The molecule has 0 aliphatic heterocycles. The quantitative estimate of drug-likeness (QED) is 0.550. The Kier molecular flexibility index (Phi) is 7.51. The Balaban J connectivity index is 1.68. The zero-order valence-electron chi connectivity index (χ0n) is 18.6. The van der Waals surface area contributed by atoms with Gasteiger partial charge in [-0.15, -0.1) is 0 Å². The molecule has 3 rings (SSSR count). The molecule has 7 heteroatoms. The van der Waals surface area contributed by atoms with Gasteiger partial charge in [0.1, 0.15) is 18.7 Å². The molecule has 1 aliphatic rings. The van der Waals surface area contributed by atoms with Gasteiger partial charge in [-0.25, -0.2) is 9.59 Å². The summed E-state index contributed by atoms with van der Waals surface area (Å²) >= 11 is 0. The van der Waals surface area contributed by atoms with E-state index in [-0.39, 0.29) is 24.9 Å². The van der Waals surface area contributed by atoms with Crippen molar-refractivity contribution in [2.75, 3.05) is 6.61 Å². The average molecular weight is 439 g/mol. The zero-order valence-corrected chi connectivity index (χ0v) is 18.6. The maximum atomic E-state index is 12.7. The molecule has 170 valence electrons. The topological polar surface area (TPSA) is 105 Å². The second kappa shape index (κ2) is 10.3. The standard InChI is InChI=1S/C25H30N2O5/c1-4-15(3)22(23(28)26-21(5-2)24(29)30)27-25(31)32-14-20-18-12-8-6-10-16(18)17-11-7-9-13-19(17)20/h6-13,15,20-22H,4-5,14H2,1-3H3,(H,26,28)(H,27,31)(H,29,30)/t15-,21-,22-/m0/s1. The Morgan fingerprint density at radius 1 is 0.938 bits per heavy atom. The van der Waals surface area contributed by atoms with Gasteiger partial charge < -0.3 is 20.5 Å². The van der Waals surface area contributed by atoms with E-state index in [1.165, 1.54) is 0 Å². The van der Waals surface area contributed by atoms with Crippen molar-refractivity contribution in [3.8, 4) is 11.1 Å². The predicted octanol–water partition coefficient (Wildman–Crippen LogP) is 3.92. The fraction of sp³-hybridized carbons (Fsp3) is 0.400. The van der Waals surface area contributed by atoms with Crippen LogP contribution in [0.25, 0.3) is 11.1 Å². The fourth-order valence-corrected chi connectivity index (χ4v) is 4.07. The highest BCUT2D eigenvalue weighted by molar-refractivity contribution is 5.89. The second-order valence-corrected chi connectivity index (χ2v) is 8.14. The third-order valence-electron chi connectivity index (χ3n) is 6.14. The smallest absolute Gasteiger partial charge is 0.407 e. The van der Waals surface area contributed by atoms with Crippen LogP contribution in [0, 0.1) is 5.92 Å². The van der Waals surface area contributed by atoms with Crippen LogP contribution >= 0.6 is 0 Å². The van der Waals surface area contributed by atoms with Crippen molar-refractivity contribution in [2.45, 2.75) is 51.6 Å². The molecule has 0 unspecified atom stereocenters. The molecule has 0 spiro atoms. The van der Waals surface area contributed by atoms with Gasteiger partial charge in [0.05, 0.1) is 0 Å². The molecule has 2 aromatic carbocycles. The SMILES string of the molecule is CC[C@H](NC(=O)[C@@H](NC(=O)OCC1c2ccccc2-c2ccccc21)[C@@H](C)CC)C(=O)O. The van der Waals surface area contributed by atoms with E-state index in [1.54, 1.807) is 6.92 Å². The van der Waals surface area contributed by atoms with Gasteiger partial charge in [-0.1, -0.05) is 75.7 Å². The molecule has 3 atom stereocenters. The number of carbonyl (C=O) groups is 3. The molecule has 0 heterocycles. The minimum atomic E-state index is -1.11. The van der Waals surface area contributed by atoms with E-state index in [0.717, 1.165) is 22.3 Å². The lowest BCUT2D eigenvalue weighted by atomic mass is 9.98. The highest BCUT2D eigenvalue weighted by atomic mass is 16.5. The van der Waals surface area contributed by atoms with E-state index < -0.39 is 30.1 Å². The van der Waals surface area contributed by atoms with Crippen LogP contribution in [0.3, 0.4) is 0 Å². The maximum Gasteiger partial charge on any atom is 0.407 e. The summed E-state index contributed by atoms with van der Waals surface area (Å²) in [5, 5.41) is 14.4. The van der Waals surface area contributed by atoms with E-state index in [1.807, 2.05) is 50.2 Å². The zero-order chi connectivity index (χ0) is 23.3. The number of nitrogens with one attached hydrogen (secondary N) is 2. The molecule has 32 heavy (non-hydrogen) atoms. The van der Waals surface area contributed by atoms with E-state index in [0.29, 0.717) is 6.42 Å². The predicted molar refractivity (Wildman–Crippen MR) is 121 cm³/mol. The Morgan fingerprint density at radius 2 is 1.50 bits per heavy atom. The van der Waals surface area contributed by atoms with Crippen molar-refractivity contribution in [1.29, 1.82) is 0 Å². The first kappa shape index (κ1) is 23.3. The molecule has 7 nitrogen and oxygen atoms in total. The molecule has 0 aromatic heterocycles. The Hall–Kier alpha value is -3.35. The van der Waals surface area contributed by atoms with Crippen molar-refractivity contribution in [3.05, 3.63) is 59.7 Å². The molecule has 0 bridgehead atoms. The van der Waals surface area contributed by atoms with E-state index in [9.17, 15) is 19.5 Å². The normalized spacial score (nSPS) is 15.1. The van der Waals surface area contributed by atoms with Crippen molar-refractivity contribution in [2.24, 2.45) is 5.92 Å². The molecule has 2 amide bonds. The minimum absolute atomic E-state index is 0.0829. The highest BCUT2D eigenvalue weighted by Crippen LogP contribution is 2.44. The minimum Gasteiger partial charge on any atom is -0.480 e. The van der Waals surface area contributed by atoms with Crippen LogP contribution < -0.4 is 10.6 Å². The fourth-order valence-electron chi connectivity index (χ4n) is 4.07. The number of benzene rings is 2. The van der Waals surface area contributed by atoms with Gasteiger partial charge in [0.25, 0.3) is 0 Å². The maximum absolute atomic E-state index is 12.7. The van der Waals surface area contributed by atoms with Gasteiger partial charge in [0.15, 0.2) is 0 Å². The van der Waals surface area contributed by atoms with Gasteiger partial charge in [0.2, 0.25) is 5.91 Å². The summed E-state index contributed by atoms with van der Waals surface area (Å²) in [6.07, 6.45) is 0.181. The third kappa shape index (κ3) is 4.93. The molecule has 2 aromatic rings. The number of carboxylic acid groups (broad SMARTS) is 1. The first-order valence-electron chi connectivity index (χ1n) is 11.0. The van der Waals surface area contributed by atoms with Gasteiger partial charge in [-0.3, -0.25) is 4.79 Å². The largest absolute Gasteiger partial charge is 0.480 e. The Labute approximate surface area is 188 Å². The Morgan fingerprint density at radius 3 is 2.00 bits per heavy atom. The summed E-state index contributed by atoms with van der Waals surface area (Å²) in [4.78, 5) is 36.6. The van der Waals surface area contributed by atoms with E-state index in [4.69, 9.17) is 4.74 Å². The van der Waals surface area contributed by atoms with Crippen molar-refractivity contribution in [3.63, 3.8) is 0 Å². The van der Waals surface area contributed by atoms with Crippen LogP contribution in [0.5, 0.6) is 0 Å². The number of ether oxygens (including phenoxy) is 1. The molecule has 0 saturated carbocycles. The summed E-state index contributed by atoms with van der Waals surface area (Å²) in [5.41, 5.74) is 4.47. The molecule has 0 fully saturated rings. The molecular formula is C25H30N2O5. The van der Waals surface area contributed by atoms with Crippen molar-refractivity contribution in [1.82, 2.24) is 10.6 Å². The summed E-state index contributed by atoms with van der Waals surface area (Å²) in [7, 11) is 0. The second-order valence-electron chi connectivity index (χ2n) is 8.14. The first-order valence-corrected chi connectivity index (χ1v) is 11.0. The third-order valence-corrected chi connectivity index (χ3v) is 6.14. The Bertz CT molecular complexity index is 944. The number of hydrogen-bond acceptors (Lipinski definition) is 4. The lowest BCUT2D eigenvalue weighted by Gasteiger charge is -2.25. The average Bonchev–Trinajstić information content (AvgIpc) is 3.12. The molecule has 0 saturated heterocycles. The van der Waals surface area contributed by atoms with Crippen molar-refractivity contribution < 1.29 is 24.2 Å². The van der Waals surface area contributed by atoms with Crippen LogP contribution in [0.1, 0.15) is 50.7 Å². The van der Waals surface area contributed by atoms with Gasteiger partial charge in [0, 0.05) is 5.92 Å². The number of aliphatic carboxylic acids is 1. The van der Waals surface area contributed by atoms with Crippen molar-refractivity contribution >= 4 is 18.0 Å². The molecule has 0 radical (unpaired) electrons. The summed E-state index contributed by atoms with van der Waals surface area (Å²) < 4.78 is 5.55. The van der Waals surface area contributed by atoms with Gasteiger partial charge >= 0.3 is 12.1 Å². The van der Waals surface area contributed by atoms with Gasteiger partial charge in [-0.2, -0.15) is 0 Å². The number of carboxylic acids is 1. The van der Waals surface area contributed by atoms with Crippen LogP contribution in [-0.4, -0.2) is 41.8 Å². The molecule has 1 aliphatic carbocycles. The summed E-state index contributed by atoms with van der Waals surface area (Å²) in [6, 6.07) is 14.2. The van der Waals surface area contributed by atoms with Gasteiger partial charge in [-0.05, 0) is 34.6 Å². The lowest BCUT2D eigenvalue weighted by molar-refractivity contribution is -0.142. The van der Waals surface area contributed by atoms with E-state index >= 15 is 0 Å². The number of alkyl carbamates (subject to hydrolysis) is 1. The van der Waals surface area contributed by atoms with Crippen LogP contribution in [0.4, 0.5) is 4.79 Å². The number of carbonyl (C=O) groups excluding carboxylic acids is 2. The van der Waals surface area contributed by atoms with Crippen LogP contribution in [0.2, 0.25) is 0 Å². The summed E-state index contributed by atoms with van der Waals surface area (Å²) in [6.45, 7) is 5.55. The summed E-state index contributed by atoms with van der Waals surface area (Å²) in [5.74, 6) is -1.91. The number of hydrogen-bond donors (Lipinski definition) is 3. The van der Waals surface area contributed by atoms with Crippen LogP contribution in [0.15, 0.2) is 48.5 Å². The number of rotatable bonds is 9. The monoisotopic (exact) mass is 438 g/mol. The number of fused-ring (bicyclic) bond motifs is 3.